The van der Waals surface area contributed by atoms with Gasteiger partial charge in [-0.25, -0.2) is 4.79 Å². The molecule has 0 N–H and O–H groups in total. The summed E-state index contributed by atoms with van der Waals surface area (Å²) >= 11 is 0. The highest BCUT2D eigenvalue weighted by atomic mass is 16.6. The van der Waals surface area contributed by atoms with Gasteiger partial charge in [-0.2, -0.15) is 5.26 Å². The van der Waals surface area contributed by atoms with Gasteiger partial charge in [0.15, 0.2) is 0 Å². The molecule has 0 unspecified atom stereocenters. The van der Waals surface area contributed by atoms with Gasteiger partial charge in [-0.3, -0.25) is 4.90 Å². The molecule has 1 fully saturated rings. The molecule has 4 nitrogen and oxygen atoms in total. The normalized spacial score (nSPS) is 23.1. The molecule has 0 bridgehead atoms. The Hall–Kier alpha value is -2.54. The van der Waals surface area contributed by atoms with Crippen LogP contribution < -0.4 is 0 Å². The lowest BCUT2D eigenvalue weighted by Gasteiger charge is -2.33. The van der Waals surface area contributed by atoms with Crippen molar-refractivity contribution in [3.8, 4) is 6.07 Å². The monoisotopic (exact) mass is 336 g/mol. The van der Waals surface area contributed by atoms with Crippen molar-refractivity contribution in [1.29, 1.82) is 5.26 Å². The summed E-state index contributed by atoms with van der Waals surface area (Å²) in [4.78, 5) is 14.7. The molecule has 1 aromatic rings. The van der Waals surface area contributed by atoms with Crippen molar-refractivity contribution in [3.63, 3.8) is 0 Å². The third-order valence-electron chi connectivity index (χ3n) is 4.50. The van der Waals surface area contributed by atoms with E-state index in [4.69, 9.17) is 10.00 Å². The van der Waals surface area contributed by atoms with Gasteiger partial charge < -0.3 is 4.74 Å². The van der Waals surface area contributed by atoms with Gasteiger partial charge in [0.05, 0.1) is 12.1 Å². The number of hydrogen-bond donors (Lipinski definition) is 0. The number of allylic oxidation sites excluding steroid dienone is 2. The van der Waals surface area contributed by atoms with Crippen LogP contribution >= 0.6 is 0 Å². The topological polar surface area (TPSA) is 53.3 Å². The van der Waals surface area contributed by atoms with E-state index in [-0.39, 0.29) is 18.1 Å². The Morgan fingerprint density at radius 3 is 2.88 bits per heavy atom. The van der Waals surface area contributed by atoms with Crippen molar-refractivity contribution in [1.82, 2.24) is 4.90 Å². The van der Waals surface area contributed by atoms with Crippen LogP contribution in [0.4, 0.5) is 4.79 Å². The summed E-state index contributed by atoms with van der Waals surface area (Å²) in [7, 11) is 0. The van der Waals surface area contributed by atoms with E-state index in [9.17, 15) is 4.79 Å². The van der Waals surface area contributed by atoms with Crippen LogP contribution in [0.25, 0.3) is 6.08 Å². The molecule has 0 saturated carbocycles. The first kappa shape index (κ1) is 17.3. The fourth-order valence-electron chi connectivity index (χ4n) is 3.55. The van der Waals surface area contributed by atoms with E-state index in [2.05, 4.69) is 30.4 Å². The highest BCUT2D eigenvalue weighted by Gasteiger charge is 2.43. The first-order valence-corrected chi connectivity index (χ1v) is 8.76. The van der Waals surface area contributed by atoms with Crippen LogP contribution in [0.2, 0.25) is 0 Å². The number of likely N-dealkylation sites (tertiary alicyclic amines) is 1. The number of amides is 1. The number of unbranched alkanes of at least 4 members (excludes halogenated alkanes) is 1. The molecule has 1 aliphatic heterocycles. The fraction of sp³-hybridized carbons (Fsp3) is 0.429. The number of benzene rings is 1. The van der Waals surface area contributed by atoms with Gasteiger partial charge in [0, 0.05) is 18.0 Å². The third-order valence-corrected chi connectivity index (χ3v) is 4.50. The number of hydrogen-bond acceptors (Lipinski definition) is 3. The standard InChI is InChI=1S/C21H24N2O2/c1-21(2,3)25-20(24)23-17(9-6-7-13-22)14-16-12-11-15-8-4-5-10-18(15)19(16)23/h4-5,8-12,16,19H,6-7,14H2,1-3H3/b17-9+/t16-,19+/m1/s1. The Kier molecular flexibility index (Phi) is 4.67. The maximum atomic E-state index is 12.9. The Bertz CT molecular complexity index is 765. The molecule has 0 radical (unpaired) electrons. The molecule has 1 aliphatic carbocycles. The number of carbonyl (C=O) groups excluding carboxylic acids is 1. The van der Waals surface area contributed by atoms with Crippen molar-refractivity contribution < 1.29 is 9.53 Å². The smallest absolute Gasteiger partial charge is 0.415 e. The molecule has 2 aliphatic rings. The van der Waals surface area contributed by atoms with E-state index in [0.29, 0.717) is 12.8 Å². The molecule has 0 spiro atoms. The lowest BCUT2D eigenvalue weighted by molar-refractivity contribution is 0.0262. The van der Waals surface area contributed by atoms with Crippen LogP contribution in [0.5, 0.6) is 0 Å². The zero-order valence-corrected chi connectivity index (χ0v) is 15.0. The van der Waals surface area contributed by atoms with E-state index in [0.717, 1.165) is 23.2 Å². The molecular weight excluding hydrogens is 312 g/mol. The van der Waals surface area contributed by atoms with E-state index in [1.165, 1.54) is 0 Å². The zero-order valence-electron chi connectivity index (χ0n) is 15.0. The molecule has 3 rings (SSSR count). The molecule has 1 amide bonds. The average Bonchev–Trinajstić information content (AvgIpc) is 2.92. The summed E-state index contributed by atoms with van der Waals surface area (Å²) in [6.07, 6.45) is 7.93. The second-order valence-corrected chi connectivity index (χ2v) is 7.54. The van der Waals surface area contributed by atoms with E-state index in [1.807, 2.05) is 39.0 Å². The van der Waals surface area contributed by atoms with E-state index < -0.39 is 5.60 Å². The van der Waals surface area contributed by atoms with Crippen LogP contribution in [-0.4, -0.2) is 16.6 Å². The molecule has 130 valence electrons. The van der Waals surface area contributed by atoms with Crippen molar-refractivity contribution >= 4 is 12.2 Å². The van der Waals surface area contributed by atoms with E-state index >= 15 is 0 Å². The zero-order chi connectivity index (χ0) is 18.0. The average molecular weight is 336 g/mol. The van der Waals surface area contributed by atoms with Crippen LogP contribution in [0.3, 0.4) is 0 Å². The number of ether oxygens (including phenoxy) is 1. The number of nitrogens with zero attached hydrogens (tertiary/aromatic N) is 2. The number of rotatable bonds is 2. The van der Waals surface area contributed by atoms with Crippen molar-refractivity contribution in [2.24, 2.45) is 5.92 Å². The second-order valence-electron chi connectivity index (χ2n) is 7.54. The van der Waals surface area contributed by atoms with Crippen molar-refractivity contribution in [2.75, 3.05) is 0 Å². The van der Waals surface area contributed by atoms with Gasteiger partial charge in [-0.1, -0.05) is 42.5 Å². The Morgan fingerprint density at radius 2 is 2.16 bits per heavy atom. The van der Waals surface area contributed by atoms with Gasteiger partial charge in [0.2, 0.25) is 0 Å². The Labute approximate surface area is 149 Å². The minimum atomic E-state index is -0.545. The summed E-state index contributed by atoms with van der Waals surface area (Å²) in [5.41, 5.74) is 2.72. The van der Waals surface area contributed by atoms with Crippen LogP contribution in [0.15, 0.2) is 42.1 Å². The van der Waals surface area contributed by atoms with Gasteiger partial charge >= 0.3 is 6.09 Å². The first-order chi connectivity index (χ1) is 11.9. The summed E-state index contributed by atoms with van der Waals surface area (Å²) in [6, 6.07) is 10.3. The first-order valence-electron chi connectivity index (χ1n) is 8.76. The summed E-state index contributed by atoms with van der Waals surface area (Å²) < 4.78 is 5.68. The minimum absolute atomic E-state index is 0.0376. The molecule has 1 aromatic carbocycles. The van der Waals surface area contributed by atoms with E-state index in [1.54, 1.807) is 4.90 Å². The SMILES string of the molecule is CC(C)(C)OC(=O)N1/C(=C/CCC#N)C[C@H]2C=Cc3ccccc3[C@H]21. The van der Waals surface area contributed by atoms with Crippen molar-refractivity contribution in [2.45, 2.75) is 51.7 Å². The summed E-state index contributed by atoms with van der Waals surface area (Å²) in [5.74, 6) is 0.246. The third kappa shape index (κ3) is 3.61. The number of fused-ring (bicyclic) bond motifs is 3. The quantitative estimate of drug-likeness (QED) is 0.698. The highest BCUT2D eigenvalue weighted by Crippen LogP contribution is 2.48. The Balaban J connectivity index is 1.98. The maximum Gasteiger partial charge on any atom is 0.415 e. The maximum absolute atomic E-state index is 12.9. The summed E-state index contributed by atoms with van der Waals surface area (Å²) in [6.45, 7) is 5.64. The van der Waals surface area contributed by atoms with Crippen molar-refractivity contribution in [3.05, 3.63) is 53.2 Å². The minimum Gasteiger partial charge on any atom is -0.443 e. The molecule has 4 heteroatoms. The van der Waals surface area contributed by atoms with Gasteiger partial charge in [0.1, 0.15) is 5.60 Å². The second kappa shape index (κ2) is 6.76. The van der Waals surface area contributed by atoms with Gasteiger partial charge in [-0.05, 0) is 44.7 Å². The lowest BCUT2D eigenvalue weighted by atomic mass is 9.85. The molecule has 0 aromatic heterocycles. The predicted octanol–water partition coefficient (Wildman–Crippen LogP) is 5.20. The number of nitriles is 1. The van der Waals surface area contributed by atoms with Crippen LogP contribution in [0.1, 0.15) is 57.2 Å². The predicted molar refractivity (Wildman–Crippen MR) is 97.3 cm³/mol. The molecular formula is C21H24N2O2. The molecule has 1 heterocycles. The lowest BCUT2D eigenvalue weighted by Crippen LogP contribution is -2.37. The largest absolute Gasteiger partial charge is 0.443 e. The number of carbonyl (C=O) groups is 1. The van der Waals surface area contributed by atoms with Crippen LogP contribution in [0, 0.1) is 17.2 Å². The van der Waals surface area contributed by atoms with Crippen LogP contribution in [-0.2, 0) is 4.74 Å². The fourth-order valence-corrected chi connectivity index (χ4v) is 3.55. The molecule has 2 atom stereocenters. The highest BCUT2D eigenvalue weighted by molar-refractivity contribution is 5.74. The van der Waals surface area contributed by atoms with Gasteiger partial charge in [0.25, 0.3) is 0 Å². The molecule has 1 saturated heterocycles. The molecule has 25 heavy (non-hydrogen) atoms. The Morgan fingerprint density at radius 1 is 1.40 bits per heavy atom. The van der Waals surface area contributed by atoms with Gasteiger partial charge in [-0.15, -0.1) is 0 Å². The summed E-state index contributed by atoms with van der Waals surface area (Å²) in [5, 5.41) is 8.81.